The van der Waals surface area contributed by atoms with Gasteiger partial charge in [-0.05, 0) is 12.1 Å². The molecule has 9 heteroatoms. The van der Waals surface area contributed by atoms with Gasteiger partial charge in [0.25, 0.3) is 5.91 Å². The fourth-order valence-electron chi connectivity index (χ4n) is 3.20. The lowest BCUT2D eigenvalue weighted by Crippen LogP contribution is -2.37. The van der Waals surface area contributed by atoms with Crippen molar-refractivity contribution in [2.45, 2.75) is 0 Å². The summed E-state index contributed by atoms with van der Waals surface area (Å²) in [5.74, 6) is 1.61. The van der Waals surface area contributed by atoms with Crippen molar-refractivity contribution in [3.8, 4) is 5.75 Å². The first-order valence-corrected chi connectivity index (χ1v) is 9.32. The van der Waals surface area contributed by atoms with Crippen LogP contribution in [-0.2, 0) is 4.74 Å². The van der Waals surface area contributed by atoms with Crippen molar-refractivity contribution in [3.63, 3.8) is 0 Å². The van der Waals surface area contributed by atoms with E-state index in [2.05, 4.69) is 20.2 Å². The zero-order chi connectivity index (χ0) is 20.4. The molecule has 0 aliphatic carbocycles. The van der Waals surface area contributed by atoms with E-state index in [1.54, 1.807) is 25.4 Å². The number of carbonyl (C=O) groups is 1. The Hall–Kier alpha value is -3.33. The maximum Gasteiger partial charge on any atom is 0.291 e. The molecule has 1 N–H and O–H groups in total. The molecule has 0 radical (unpaired) electrons. The highest BCUT2D eigenvalue weighted by Crippen LogP contribution is 2.30. The average molecular weight is 397 g/mol. The minimum absolute atomic E-state index is 0.187. The second kappa shape index (κ2) is 7.96. The van der Waals surface area contributed by atoms with Gasteiger partial charge in [0.2, 0.25) is 5.95 Å². The van der Waals surface area contributed by atoms with Gasteiger partial charge in [0.05, 0.1) is 26.5 Å². The van der Waals surface area contributed by atoms with Crippen molar-refractivity contribution < 1.29 is 18.7 Å². The van der Waals surface area contributed by atoms with Gasteiger partial charge in [-0.25, -0.2) is 4.98 Å². The van der Waals surface area contributed by atoms with Gasteiger partial charge in [0.15, 0.2) is 22.9 Å². The van der Waals surface area contributed by atoms with Crippen LogP contribution >= 0.6 is 0 Å². The summed E-state index contributed by atoms with van der Waals surface area (Å²) in [6.45, 7) is 2.77. The first-order valence-electron chi connectivity index (χ1n) is 9.32. The monoisotopic (exact) mass is 397 g/mol. The number of furan rings is 1. The molecular formula is C20H23N5O4. The van der Waals surface area contributed by atoms with E-state index in [-0.39, 0.29) is 11.7 Å². The Labute approximate surface area is 168 Å². The van der Waals surface area contributed by atoms with E-state index >= 15 is 0 Å². The van der Waals surface area contributed by atoms with Crippen molar-refractivity contribution in [3.05, 3.63) is 36.2 Å². The van der Waals surface area contributed by atoms with Crippen LogP contribution in [0.15, 0.2) is 34.9 Å². The van der Waals surface area contributed by atoms with E-state index in [9.17, 15) is 4.79 Å². The largest absolute Gasteiger partial charge is 0.493 e. The Bertz CT molecular complexity index is 1030. The van der Waals surface area contributed by atoms with Crippen molar-refractivity contribution in [1.29, 1.82) is 0 Å². The Balaban J connectivity index is 1.60. The molecule has 0 bridgehead atoms. The van der Waals surface area contributed by atoms with E-state index in [4.69, 9.17) is 13.9 Å². The SMILES string of the molecule is COc1cccc2cc(C(=O)Nc3cnc(N4CCOCC4)nc3N(C)C)oc12. The molecule has 0 atom stereocenters. The van der Waals surface area contributed by atoms with Crippen LogP contribution in [0.2, 0.25) is 0 Å². The lowest BCUT2D eigenvalue weighted by Gasteiger charge is -2.28. The van der Waals surface area contributed by atoms with Crippen LogP contribution in [0.1, 0.15) is 10.6 Å². The highest BCUT2D eigenvalue weighted by Gasteiger charge is 2.20. The second-order valence-corrected chi connectivity index (χ2v) is 6.84. The number of aromatic nitrogens is 2. The first kappa shape index (κ1) is 19.0. The van der Waals surface area contributed by atoms with E-state index in [0.717, 1.165) is 18.5 Å². The summed E-state index contributed by atoms with van der Waals surface area (Å²) in [4.78, 5) is 25.8. The topological polar surface area (TPSA) is 93.0 Å². The van der Waals surface area contributed by atoms with Crippen molar-refractivity contribution in [2.24, 2.45) is 0 Å². The van der Waals surface area contributed by atoms with Crippen LogP contribution < -0.4 is 19.9 Å². The highest BCUT2D eigenvalue weighted by molar-refractivity contribution is 6.06. The van der Waals surface area contributed by atoms with Gasteiger partial charge >= 0.3 is 0 Å². The fraction of sp³-hybridized carbons (Fsp3) is 0.350. The van der Waals surface area contributed by atoms with Crippen molar-refractivity contribution >= 4 is 34.3 Å². The lowest BCUT2D eigenvalue weighted by atomic mass is 10.2. The summed E-state index contributed by atoms with van der Waals surface area (Å²) >= 11 is 0. The number of ether oxygens (including phenoxy) is 2. The number of hydrogen-bond donors (Lipinski definition) is 1. The molecule has 0 spiro atoms. The predicted molar refractivity (Wildman–Crippen MR) is 110 cm³/mol. The third kappa shape index (κ3) is 3.81. The second-order valence-electron chi connectivity index (χ2n) is 6.84. The Morgan fingerprint density at radius 2 is 2.07 bits per heavy atom. The van der Waals surface area contributed by atoms with Crippen molar-refractivity contribution in [1.82, 2.24) is 9.97 Å². The van der Waals surface area contributed by atoms with Gasteiger partial charge < -0.3 is 29.0 Å². The van der Waals surface area contributed by atoms with Crippen LogP contribution in [0, 0.1) is 0 Å². The number of amides is 1. The maximum atomic E-state index is 12.8. The number of anilines is 3. The molecule has 1 aliphatic heterocycles. The van der Waals surface area contributed by atoms with Gasteiger partial charge in [0, 0.05) is 32.6 Å². The molecule has 1 aliphatic rings. The zero-order valence-electron chi connectivity index (χ0n) is 16.6. The smallest absolute Gasteiger partial charge is 0.291 e. The molecule has 9 nitrogen and oxygen atoms in total. The van der Waals surface area contributed by atoms with Gasteiger partial charge in [0.1, 0.15) is 5.69 Å². The van der Waals surface area contributed by atoms with E-state index < -0.39 is 0 Å². The molecular weight excluding hydrogens is 374 g/mol. The summed E-state index contributed by atoms with van der Waals surface area (Å²) < 4.78 is 16.4. The van der Waals surface area contributed by atoms with Crippen LogP contribution in [0.5, 0.6) is 5.75 Å². The molecule has 2 aromatic heterocycles. The predicted octanol–water partition coefficient (Wildman–Crippen LogP) is 2.39. The summed E-state index contributed by atoms with van der Waals surface area (Å²) in [7, 11) is 5.30. The maximum absolute atomic E-state index is 12.8. The standard InChI is InChI=1S/C20H23N5O4/c1-24(2)18-14(12-21-20(23-18)25-7-9-28-10-8-25)22-19(26)16-11-13-5-4-6-15(27-3)17(13)29-16/h4-6,11-12H,7-10H2,1-3H3,(H,22,26). The number of methoxy groups -OCH3 is 1. The molecule has 1 aromatic carbocycles. The number of nitrogens with zero attached hydrogens (tertiary/aromatic N) is 4. The molecule has 0 unspecified atom stereocenters. The number of fused-ring (bicyclic) bond motifs is 1. The first-order chi connectivity index (χ1) is 14.1. The molecule has 1 amide bonds. The average Bonchev–Trinajstić information content (AvgIpc) is 3.19. The molecule has 152 valence electrons. The molecule has 3 heterocycles. The highest BCUT2D eigenvalue weighted by atomic mass is 16.5. The number of nitrogens with one attached hydrogen (secondary N) is 1. The normalized spacial score (nSPS) is 14.1. The number of hydrogen-bond acceptors (Lipinski definition) is 8. The number of benzene rings is 1. The molecule has 0 saturated carbocycles. The third-order valence-electron chi connectivity index (χ3n) is 4.67. The Morgan fingerprint density at radius 1 is 1.28 bits per heavy atom. The number of para-hydroxylation sites is 1. The van der Waals surface area contributed by atoms with Crippen molar-refractivity contribution in [2.75, 3.05) is 62.6 Å². The zero-order valence-corrected chi connectivity index (χ0v) is 16.6. The van der Waals surface area contributed by atoms with Crippen LogP contribution in [0.4, 0.5) is 17.5 Å². The van der Waals surface area contributed by atoms with Gasteiger partial charge in [-0.1, -0.05) is 12.1 Å². The van der Waals surface area contributed by atoms with E-state index in [0.29, 0.717) is 42.0 Å². The number of morpholine rings is 1. The lowest BCUT2D eigenvalue weighted by molar-refractivity contribution is 0.0998. The minimum atomic E-state index is -0.380. The molecule has 29 heavy (non-hydrogen) atoms. The summed E-state index contributed by atoms with van der Waals surface area (Å²) in [6.07, 6.45) is 1.62. The molecule has 4 rings (SSSR count). The van der Waals surface area contributed by atoms with Gasteiger partial charge in [-0.2, -0.15) is 4.98 Å². The summed E-state index contributed by atoms with van der Waals surface area (Å²) in [6, 6.07) is 7.19. The summed E-state index contributed by atoms with van der Waals surface area (Å²) in [5.41, 5.74) is 1.04. The van der Waals surface area contributed by atoms with Gasteiger partial charge in [-0.3, -0.25) is 4.79 Å². The number of rotatable bonds is 5. The van der Waals surface area contributed by atoms with E-state index in [1.165, 1.54) is 0 Å². The minimum Gasteiger partial charge on any atom is -0.493 e. The van der Waals surface area contributed by atoms with Gasteiger partial charge in [-0.15, -0.1) is 0 Å². The quantitative estimate of drug-likeness (QED) is 0.702. The van der Waals surface area contributed by atoms with Crippen LogP contribution in [0.25, 0.3) is 11.0 Å². The third-order valence-corrected chi connectivity index (χ3v) is 4.67. The molecule has 1 fully saturated rings. The Kier molecular flexibility index (Phi) is 5.22. The molecule has 3 aromatic rings. The molecule has 1 saturated heterocycles. The van der Waals surface area contributed by atoms with Crippen LogP contribution in [0.3, 0.4) is 0 Å². The van der Waals surface area contributed by atoms with Crippen LogP contribution in [-0.4, -0.2) is 63.4 Å². The fourth-order valence-corrected chi connectivity index (χ4v) is 3.20. The Morgan fingerprint density at radius 3 is 2.79 bits per heavy atom. The van der Waals surface area contributed by atoms with E-state index in [1.807, 2.05) is 31.1 Å². The summed E-state index contributed by atoms with van der Waals surface area (Å²) in [5, 5.41) is 3.65. The number of carbonyl (C=O) groups excluding carboxylic acids is 1.